The summed E-state index contributed by atoms with van der Waals surface area (Å²) in [5, 5.41) is 6.14. The van der Waals surface area contributed by atoms with Gasteiger partial charge >= 0.3 is 12.2 Å². The van der Waals surface area contributed by atoms with E-state index in [0.717, 1.165) is 54.7 Å². The van der Waals surface area contributed by atoms with Gasteiger partial charge in [0.05, 0.1) is 28.2 Å². The van der Waals surface area contributed by atoms with Crippen LogP contribution in [0.15, 0.2) is 66.7 Å². The summed E-state index contributed by atoms with van der Waals surface area (Å²) in [5.41, 5.74) is 1.75. The van der Waals surface area contributed by atoms with Crippen molar-refractivity contribution < 1.29 is 27.6 Å². The van der Waals surface area contributed by atoms with Crippen LogP contribution in [0.1, 0.15) is 45.9 Å². The Labute approximate surface area is 250 Å². The van der Waals surface area contributed by atoms with E-state index in [1.165, 1.54) is 28.0 Å². The standard InChI is InChI=1S/C30H27Cl2F3N4O3/c31-23-13-8-19(16-24(23)32)28(41)39-15-14-38(29(42)36-21-11-9-20(10-12-21)30(33,34)35)17-26(39)27(40)37-25-7-3-5-18-4-1-2-6-22(18)25/h1-2,4,6,8-13,16,25-26H,3,5,7,14-15,17H2,(H,36,42)(H,37,40). The molecule has 3 aromatic carbocycles. The number of alkyl halides is 3. The van der Waals surface area contributed by atoms with Crippen molar-refractivity contribution in [3.8, 4) is 0 Å². The zero-order chi connectivity index (χ0) is 30.0. The van der Waals surface area contributed by atoms with Gasteiger partial charge < -0.3 is 20.4 Å². The first-order valence-electron chi connectivity index (χ1n) is 13.4. The largest absolute Gasteiger partial charge is 0.416 e. The van der Waals surface area contributed by atoms with Gasteiger partial charge in [-0.2, -0.15) is 13.2 Å². The number of anilines is 1. The molecule has 2 N–H and O–H groups in total. The molecule has 2 aliphatic rings. The summed E-state index contributed by atoms with van der Waals surface area (Å²) in [5.74, 6) is -0.863. The highest BCUT2D eigenvalue weighted by atomic mass is 35.5. The number of hydrogen-bond acceptors (Lipinski definition) is 3. The van der Waals surface area contributed by atoms with E-state index in [-0.39, 0.29) is 47.0 Å². The number of benzene rings is 3. The van der Waals surface area contributed by atoms with Crippen LogP contribution in [-0.4, -0.2) is 53.3 Å². The smallest absolute Gasteiger partial charge is 0.347 e. The number of halogens is 5. The highest BCUT2D eigenvalue weighted by Crippen LogP contribution is 2.31. The number of urea groups is 1. The van der Waals surface area contributed by atoms with Gasteiger partial charge in [0.25, 0.3) is 5.91 Å². The third kappa shape index (κ3) is 6.50. The Balaban J connectivity index is 1.36. The molecule has 220 valence electrons. The zero-order valence-corrected chi connectivity index (χ0v) is 23.8. The fourth-order valence-corrected chi connectivity index (χ4v) is 5.64. The second-order valence-corrected chi connectivity index (χ2v) is 11.1. The molecule has 1 heterocycles. The van der Waals surface area contributed by atoms with Gasteiger partial charge in [0.15, 0.2) is 0 Å². The Morgan fingerprint density at radius 3 is 2.36 bits per heavy atom. The summed E-state index contributed by atoms with van der Waals surface area (Å²) in [6.07, 6.45) is -1.97. The molecule has 0 bridgehead atoms. The number of fused-ring (bicyclic) bond motifs is 1. The minimum absolute atomic E-state index is 0.0405. The van der Waals surface area contributed by atoms with Crippen molar-refractivity contribution in [1.29, 1.82) is 0 Å². The molecule has 7 nitrogen and oxygen atoms in total. The topological polar surface area (TPSA) is 81.8 Å². The van der Waals surface area contributed by atoms with Crippen LogP contribution < -0.4 is 10.6 Å². The second kappa shape index (κ2) is 12.2. The van der Waals surface area contributed by atoms with Crippen LogP contribution in [0.4, 0.5) is 23.7 Å². The van der Waals surface area contributed by atoms with Gasteiger partial charge in [-0.05, 0) is 72.9 Å². The summed E-state index contributed by atoms with van der Waals surface area (Å²) < 4.78 is 38.8. The van der Waals surface area contributed by atoms with Crippen LogP contribution in [0.5, 0.6) is 0 Å². The van der Waals surface area contributed by atoms with Gasteiger partial charge in [0, 0.05) is 24.3 Å². The normalized spacial score (nSPS) is 18.7. The highest BCUT2D eigenvalue weighted by molar-refractivity contribution is 6.42. The van der Waals surface area contributed by atoms with Crippen LogP contribution in [-0.2, 0) is 17.4 Å². The summed E-state index contributed by atoms with van der Waals surface area (Å²) in [7, 11) is 0. The van der Waals surface area contributed by atoms with Crippen molar-refractivity contribution >= 4 is 46.7 Å². The van der Waals surface area contributed by atoms with E-state index < -0.39 is 35.6 Å². The average Bonchev–Trinajstić information content (AvgIpc) is 2.98. The molecule has 0 radical (unpaired) electrons. The van der Waals surface area contributed by atoms with Gasteiger partial charge in [-0.3, -0.25) is 9.59 Å². The number of nitrogens with zero attached hydrogens (tertiary/aromatic N) is 2. The molecular formula is C30H27Cl2F3N4O3. The Hall–Kier alpha value is -3.76. The van der Waals surface area contributed by atoms with Crippen molar-refractivity contribution in [1.82, 2.24) is 15.1 Å². The molecule has 1 aliphatic carbocycles. The van der Waals surface area contributed by atoms with E-state index in [1.807, 2.05) is 24.3 Å². The number of carbonyl (C=O) groups excluding carboxylic acids is 3. The first-order chi connectivity index (χ1) is 20.0. The number of hydrogen-bond donors (Lipinski definition) is 2. The molecule has 4 amide bonds. The predicted octanol–water partition coefficient (Wildman–Crippen LogP) is 6.56. The number of piperazine rings is 1. The number of aryl methyl sites for hydroxylation is 1. The third-order valence-electron chi connectivity index (χ3n) is 7.55. The molecule has 5 rings (SSSR count). The van der Waals surface area contributed by atoms with E-state index in [0.29, 0.717) is 0 Å². The van der Waals surface area contributed by atoms with Gasteiger partial charge in [0.2, 0.25) is 5.91 Å². The molecule has 0 spiro atoms. The molecule has 2 atom stereocenters. The average molecular weight is 619 g/mol. The SMILES string of the molecule is O=C(NC1CCCc2ccccc21)C1CN(C(=O)Nc2ccc(C(F)(F)F)cc2)CCN1C(=O)c1ccc(Cl)c(Cl)c1. The first kappa shape index (κ1) is 29.7. The number of nitrogens with one attached hydrogen (secondary N) is 2. The molecule has 12 heteroatoms. The van der Waals surface area contributed by atoms with Crippen molar-refractivity contribution in [3.63, 3.8) is 0 Å². The molecule has 0 saturated carbocycles. The Morgan fingerprint density at radius 1 is 0.905 bits per heavy atom. The van der Waals surface area contributed by atoms with Crippen LogP contribution in [0.2, 0.25) is 10.0 Å². The fraction of sp³-hybridized carbons (Fsp3) is 0.300. The highest BCUT2D eigenvalue weighted by Gasteiger charge is 2.39. The Bertz CT molecular complexity index is 1500. The summed E-state index contributed by atoms with van der Waals surface area (Å²) in [6.45, 7) is 0.00809. The summed E-state index contributed by atoms with van der Waals surface area (Å²) in [6, 6.07) is 14.5. The lowest BCUT2D eigenvalue weighted by Gasteiger charge is -2.41. The Morgan fingerprint density at radius 2 is 1.64 bits per heavy atom. The number of amides is 4. The van der Waals surface area contributed by atoms with Crippen LogP contribution >= 0.6 is 23.2 Å². The van der Waals surface area contributed by atoms with E-state index in [9.17, 15) is 27.6 Å². The second-order valence-electron chi connectivity index (χ2n) is 10.2. The monoisotopic (exact) mass is 618 g/mol. The molecule has 2 unspecified atom stereocenters. The van der Waals surface area contributed by atoms with Crippen LogP contribution in [0.25, 0.3) is 0 Å². The maximum atomic E-state index is 13.8. The maximum absolute atomic E-state index is 13.8. The Kier molecular flexibility index (Phi) is 8.65. The molecule has 3 aromatic rings. The first-order valence-corrected chi connectivity index (χ1v) is 14.1. The molecule has 42 heavy (non-hydrogen) atoms. The van der Waals surface area contributed by atoms with Crippen molar-refractivity contribution in [2.45, 2.75) is 37.5 Å². The summed E-state index contributed by atoms with van der Waals surface area (Å²) >= 11 is 12.2. The van der Waals surface area contributed by atoms with Gasteiger partial charge in [-0.15, -0.1) is 0 Å². The van der Waals surface area contributed by atoms with Gasteiger partial charge in [-0.25, -0.2) is 4.79 Å². The van der Waals surface area contributed by atoms with Crippen molar-refractivity contribution in [2.75, 3.05) is 25.0 Å². The molecule has 1 aliphatic heterocycles. The van der Waals surface area contributed by atoms with Crippen molar-refractivity contribution in [3.05, 3.63) is 99.0 Å². The van der Waals surface area contributed by atoms with Crippen LogP contribution in [0, 0.1) is 0 Å². The summed E-state index contributed by atoms with van der Waals surface area (Å²) in [4.78, 5) is 43.3. The van der Waals surface area contributed by atoms with Gasteiger partial charge in [-0.1, -0.05) is 47.5 Å². The molecule has 1 fully saturated rings. The molecular weight excluding hydrogens is 592 g/mol. The lowest BCUT2D eigenvalue weighted by Crippen LogP contribution is -2.62. The molecule has 0 aromatic heterocycles. The van der Waals surface area contributed by atoms with Crippen molar-refractivity contribution in [2.24, 2.45) is 0 Å². The van der Waals surface area contributed by atoms with Crippen LogP contribution in [0.3, 0.4) is 0 Å². The predicted molar refractivity (Wildman–Crippen MR) is 154 cm³/mol. The zero-order valence-electron chi connectivity index (χ0n) is 22.3. The quantitative estimate of drug-likeness (QED) is 0.347. The molecule has 1 saturated heterocycles. The van der Waals surface area contributed by atoms with E-state index in [2.05, 4.69) is 10.6 Å². The number of carbonyl (C=O) groups is 3. The number of rotatable bonds is 4. The van der Waals surface area contributed by atoms with Gasteiger partial charge in [0.1, 0.15) is 6.04 Å². The lowest BCUT2D eigenvalue weighted by molar-refractivity contribution is -0.137. The fourth-order valence-electron chi connectivity index (χ4n) is 5.35. The maximum Gasteiger partial charge on any atom is 0.416 e. The van der Waals surface area contributed by atoms with E-state index >= 15 is 0 Å². The van der Waals surface area contributed by atoms with E-state index in [1.54, 1.807) is 0 Å². The minimum Gasteiger partial charge on any atom is -0.347 e. The van der Waals surface area contributed by atoms with E-state index in [4.69, 9.17) is 23.2 Å². The minimum atomic E-state index is -4.50. The lowest BCUT2D eigenvalue weighted by atomic mass is 9.87. The third-order valence-corrected chi connectivity index (χ3v) is 8.29.